The van der Waals surface area contributed by atoms with Crippen LogP contribution in [-0.2, 0) is 4.79 Å². The molecule has 2 amide bonds. The maximum Gasteiger partial charge on any atom is 0.323 e. The average Bonchev–Trinajstić information content (AvgIpc) is 2.97. The van der Waals surface area contributed by atoms with Gasteiger partial charge in [-0.25, -0.2) is 4.79 Å². The number of nitrogens with zero attached hydrogens (tertiary/aromatic N) is 2. The molecule has 0 radical (unpaired) electrons. The van der Waals surface area contributed by atoms with Gasteiger partial charge in [-0.05, 0) is 25.7 Å². The minimum atomic E-state index is -0.979. The van der Waals surface area contributed by atoms with Crippen molar-refractivity contribution in [1.82, 2.24) is 9.80 Å². The van der Waals surface area contributed by atoms with Gasteiger partial charge < -0.3 is 20.0 Å². The second kappa shape index (κ2) is 7.11. The molecule has 120 valence electrons. The first-order valence-electron chi connectivity index (χ1n) is 7.94. The number of amides is 2. The Labute approximate surface area is 125 Å². The zero-order chi connectivity index (χ0) is 15.4. The molecule has 2 rings (SSSR count). The van der Waals surface area contributed by atoms with E-state index in [2.05, 4.69) is 0 Å². The second-order valence-electron chi connectivity index (χ2n) is 6.27. The Hall–Kier alpha value is -1.30. The molecule has 2 unspecified atom stereocenters. The number of rotatable bonds is 4. The summed E-state index contributed by atoms with van der Waals surface area (Å²) in [5.74, 6) is -0.979. The lowest BCUT2D eigenvalue weighted by Crippen LogP contribution is -2.54. The molecule has 0 saturated heterocycles. The quantitative estimate of drug-likeness (QED) is 0.827. The fourth-order valence-electron chi connectivity index (χ4n) is 3.60. The number of carboxylic acids is 1. The molecule has 2 aliphatic carbocycles. The van der Waals surface area contributed by atoms with Crippen LogP contribution in [0.25, 0.3) is 0 Å². The summed E-state index contributed by atoms with van der Waals surface area (Å²) in [6.45, 7) is -0.253. The third-order valence-corrected chi connectivity index (χ3v) is 4.81. The number of carbonyl (C=O) groups excluding carboxylic acids is 1. The topological polar surface area (TPSA) is 81.1 Å². The number of carbonyl (C=O) groups is 2. The summed E-state index contributed by atoms with van der Waals surface area (Å²) in [6, 6.07) is -0.420. The standard InChI is InChI=1S/C15H26N2O4/c1-16(12-8-4-5-9-13(12)18)15(21)17(10-14(19)20)11-6-2-3-7-11/h11-13,18H,2-10H2,1H3,(H,19,20). The van der Waals surface area contributed by atoms with Gasteiger partial charge in [0.15, 0.2) is 0 Å². The average molecular weight is 298 g/mol. The van der Waals surface area contributed by atoms with Crippen molar-refractivity contribution in [1.29, 1.82) is 0 Å². The first-order chi connectivity index (χ1) is 10.0. The summed E-state index contributed by atoms with van der Waals surface area (Å²) in [7, 11) is 1.69. The van der Waals surface area contributed by atoms with Crippen LogP contribution in [-0.4, -0.2) is 63.8 Å². The Morgan fingerprint density at radius 3 is 2.19 bits per heavy atom. The highest BCUT2D eigenvalue weighted by Gasteiger charge is 2.35. The molecule has 2 aliphatic rings. The summed E-state index contributed by atoms with van der Waals surface area (Å²) in [5, 5.41) is 19.2. The van der Waals surface area contributed by atoms with E-state index >= 15 is 0 Å². The maximum absolute atomic E-state index is 12.7. The van der Waals surface area contributed by atoms with Crippen molar-refractivity contribution in [2.24, 2.45) is 0 Å². The highest BCUT2D eigenvalue weighted by atomic mass is 16.4. The smallest absolute Gasteiger partial charge is 0.323 e. The molecule has 6 heteroatoms. The molecule has 0 aromatic heterocycles. The molecule has 6 nitrogen and oxygen atoms in total. The van der Waals surface area contributed by atoms with Gasteiger partial charge in [0.25, 0.3) is 0 Å². The van der Waals surface area contributed by atoms with Crippen molar-refractivity contribution in [3.63, 3.8) is 0 Å². The van der Waals surface area contributed by atoms with Gasteiger partial charge in [-0.1, -0.05) is 25.7 Å². The largest absolute Gasteiger partial charge is 0.480 e. The SMILES string of the molecule is CN(C(=O)N(CC(=O)O)C1CCCC1)C1CCCCC1O. The minimum Gasteiger partial charge on any atom is -0.480 e. The number of urea groups is 1. The monoisotopic (exact) mass is 298 g/mol. The molecule has 2 fully saturated rings. The lowest BCUT2D eigenvalue weighted by Gasteiger charge is -2.39. The number of aliphatic hydroxyl groups is 1. The molecule has 2 N–H and O–H groups in total. The Morgan fingerprint density at radius 1 is 1.05 bits per heavy atom. The van der Waals surface area contributed by atoms with E-state index in [1.165, 1.54) is 4.90 Å². The van der Waals surface area contributed by atoms with Crippen LogP contribution >= 0.6 is 0 Å². The fourth-order valence-corrected chi connectivity index (χ4v) is 3.60. The van der Waals surface area contributed by atoms with Crippen LogP contribution in [0.1, 0.15) is 51.4 Å². The summed E-state index contributed by atoms with van der Waals surface area (Å²) < 4.78 is 0. The zero-order valence-electron chi connectivity index (χ0n) is 12.7. The van der Waals surface area contributed by atoms with Crippen LogP contribution in [0.3, 0.4) is 0 Å². The van der Waals surface area contributed by atoms with Crippen molar-refractivity contribution < 1.29 is 19.8 Å². The van der Waals surface area contributed by atoms with Crippen molar-refractivity contribution >= 4 is 12.0 Å². The molecular formula is C15H26N2O4. The first kappa shape index (κ1) is 16.1. The molecule has 0 heterocycles. The molecule has 21 heavy (non-hydrogen) atoms. The highest BCUT2D eigenvalue weighted by molar-refractivity contribution is 5.80. The van der Waals surface area contributed by atoms with Crippen molar-refractivity contribution in [3.05, 3.63) is 0 Å². The third kappa shape index (κ3) is 3.87. The summed E-state index contributed by atoms with van der Waals surface area (Å²) >= 11 is 0. The Balaban J connectivity index is 2.06. The van der Waals surface area contributed by atoms with Gasteiger partial charge >= 0.3 is 12.0 Å². The molecule has 0 aromatic carbocycles. The number of aliphatic hydroxyl groups excluding tert-OH is 1. The third-order valence-electron chi connectivity index (χ3n) is 4.81. The number of carboxylic acid groups (broad SMARTS) is 1. The van der Waals surface area contributed by atoms with Gasteiger partial charge in [0.2, 0.25) is 0 Å². The second-order valence-corrected chi connectivity index (χ2v) is 6.27. The molecule has 2 atom stereocenters. The number of hydrogen-bond acceptors (Lipinski definition) is 3. The van der Waals surface area contributed by atoms with Gasteiger partial charge in [0.05, 0.1) is 12.1 Å². The summed E-state index contributed by atoms with van der Waals surface area (Å²) in [6.07, 6.45) is 6.83. The van der Waals surface area contributed by atoms with E-state index in [0.717, 1.165) is 44.9 Å². The molecule has 2 saturated carbocycles. The van der Waals surface area contributed by atoms with Crippen molar-refractivity contribution in [2.75, 3.05) is 13.6 Å². The lowest BCUT2D eigenvalue weighted by molar-refractivity contribution is -0.138. The molecular weight excluding hydrogens is 272 g/mol. The van der Waals surface area contributed by atoms with Gasteiger partial charge in [-0.2, -0.15) is 0 Å². The fraction of sp³-hybridized carbons (Fsp3) is 0.867. The van der Waals surface area contributed by atoms with Crippen molar-refractivity contribution in [2.45, 2.75) is 69.6 Å². The van der Waals surface area contributed by atoms with Gasteiger partial charge in [-0.15, -0.1) is 0 Å². The normalized spacial score (nSPS) is 26.6. The van der Waals surface area contributed by atoms with Crippen LogP contribution in [0.4, 0.5) is 4.79 Å². The van der Waals surface area contributed by atoms with Gasteiger partial charge in [0, 0.05) is 13.1 Å². The molecule has 0 spiro atoms. The van der Waals surface area contributed by atoms with Crippen LogP contribution in [0.15, 0.2) is 0 Å². The van der Waals surface area contributed by atoms with Gasteiger partial charge in [-0.3, -0.25) is 4.79 Å². The number of likely N-dealkylation sites (N-methyl/N-ethyl adjacent to an activating group) is 1. The van der Waals surface area contributed by atoms with E-state index in [4.69, 9.17) is 5.11 Å². The van der Waals surface area contributed by atoms with Crippen LogP contribution in [0, 0.1) is 0 Å². The minimum absolute atomic E-state index is 0.0248. The molecule has 0 aromatic rings. The number of hydrogen-bond donors (Lipinski definition) is 2. The summed E-state index contributed by atoms with van der Waals surface area (Å²) in [5.41, 5.74) is 0. The first-order valence-corrected chi connectivity index (χ1v) is 7.94. The van der Waals surface area contributed by atoms with E-state index in [1.807, 2.05) is 0 Å². The van der Waals surface area contributed by atoms with Crippen molar-refractivity contribution in [3.8, 4) is 0 Å². The van der Waals surface area contributed by atoms with Crippen LogP contribution < -0.4 is 0 Å². The van der Waals surface area contributed by atoms with E-state index in [0.29, 0.717) is 6.42 Å². The predicted octanol–water partition coefficient (Wildman–Crippen LogP) is 1.67. The Kier molecular flexibility index (Phi) is 5.45. The van der Waals surface area contributed by atoms with E-state index in [-0.39, 0.29) is 24.7 Å². The number of aliphatic carboxylic acids is 1. The molecule has 0 bridgehead atoms. The van der Waals surface area contributed by atoms with Crippen LogP contribution in [0.2, 0.25) is 0 Å². The Bertz CT molecular complexity index is 382. The predicted molar refractivity (Wildman–Crippen MR) is 78.0 cm³/mol. The maximum atomic E-state index is 12.7. The van der Waals surface area contributed by atoms with E-state index < -0.39 is 12.1 Å². The summed E-state index contributed by atoms with van der Waals surface area (Å²) in [4.78, 5) is 26.8. The van der Waals surface area contributed by atoms with E-state index in [9.17, 15) is 14.7 Å². The highest BCUT2D eigenvalue weighted by Crippen LogP contribution is 2.27. The Morgan fingerprint density at radius 2 is 1.62 bits per heavy atom. The van der Waals surface area contributed by atoms with Gasteiger partial charge in [0.1, 0.15) is 6.54 Å². The zero-order valence-corrected chi connectivity index (χ0v) is 12.7. The lowest BCUT2D eigenvalue weighted by atomic mass is 9.92. The van der Waals surface area contributed by atoms with E-state index in [1.54, 1.807) is 11.9 Å². The van der Waals surface area contributed by atoms with Crippen LogP contribution in [0.5, 0.6) is 0 Å². The molecule has 0 aliphatic heterocycles.